The summed E-state index contributed by atoms with van der Waals surface area (Å²) in [6.07, 6.45) is 1.66. The maximum absolute atomic E-state index is 9.15. The fourth-order valence-electron chi connectivity index (χ4n) is 2.14. The van der Waals surface area contributed by atoms with Gasteiger partial charge in [0.15, 0.2) is 0 Å². The summed E-state index contributed by atoms with van der Waals surface area (Å²) in [4.78, 5) is 0. The van der Waals surface area contributed by atoms with Crippen LogP contribution in [0.3, 0.4) is 0 Å². The standard InChI is InChI=1S/C16H24N2O/c1-5-18-16(4,12-17)9-6-10-19-15-8-7-13(2)11-14(15)3/h7-8,11,18H,5-6,9-10H2,1-4H3. The quantitative estimate of drug-likeness (QED) is 0.765. The van der Waals surface area contributed by atoms with Crippen molar-refractivity contribution in [1.82, 2.24) is 5.32 Å². The fourth-order valence-corrected chi connectivity index (χ4v) is 2.14. The van der Waals surface area contributed by atoms with Crippen molar-refractivity contribution in [1.29, 1.82) is 5.26 Å². The van der Waals surface area contributed by atoms with E-state index in [1.807, 2.05) is 19.9 Å². The van der Waals surface area contributed by atoms with E-state index >= 15 is 0 Å². The molecular weight excluding hydrogens is 236 g/mol. The second kappa shape index (κ2) is 7.16. The normalized spacial score (nSPS) is 13.6. The van der Waals surface area contributed by atoms with E-state index < -0.39 is 5.54 Å². The van der Waals surface area contributed by atoms with Crippen molar-refractivity contribution in [2.75, 3.05) is 13.2 Å². The lowest BCUT2D eigenvalue weighted by atomic mass is 9.98. The first-order valence-electron chi connectivity index (χ1n) is 6.87. The van der Waals surface area contributed by atoms with Crippen LogP contribution < -0.4 is 10.1 Å². The minimum atomic E-state index is -0.444. The van der Waals surface area contributed by atoms with Crippen LogP contribution >= 0.6 is 0 Å². The van der Waals surface area contributed by atoms with Gasteiger partial charge in [0.25, 0.3) is 0 Å². The van der Waals surface area contributed by atoms with E-state index in [-0.39, 0.29) is 0 Å². The molecule has 1 atom stereocenters. The second-order valence-electron chi connectivity index (χ2n) is 5.20. The zero-order chi connectivity index (χ0) is 14.3. The van der Waals surface area contributed by atoms with Crippen molar-refractivity contribution in [3.8, 4) is 11.8 Å². The van der Waals surface area contributed by atoms with Crippen LogP contribution in [0.25, 0.3) is 0 Å². The van der Waals surface area contributed by atoms with Gasteiger partial charge in [0.05, 0.1) is 12.7 Å². The maximum Gasteiger partial charge on any atom is 0.122 e. The van der Waals surface area contributed by atoms with Gasteiger partial charge in [-0.25, -0.2) is 0 Å². The molecule has 0 spiro atoms. The average molecular weight is 260 g/mol. The van der Waals surface area contributed by atoms with E-state index in [1.165, 1.54) is 5.56 Å². The van der Waals surface area contributed by atoms with Gasteiger partial charge in [-0.2, -0.15) is 5.26 Å². The van der Waals surface area contributed by atoms with Crippen molar-refractivity contribution in [2.24, 2.45) is 0 Å². The number of nitrogens with zero attached hydrogens (tertiary/aromatic N) is 1. The zero-order valence-corrected chi connectivity index (χ0v) is 12.4. The third-order valence-electron chi connectivity index (χ3n) is 3.22. The number of nitrogens with one attached hydrogen (secondary N) is 1. The molecule has 1 unspecified atom stereocenters. The van der Waals surface area contributed by atoms with Gasteiger partial charge in [-0.15, -0.1) is 0 Å². The largest absolute Gasteiger partial charge is 0.493 e. The van der Waals surface area contributed by atoms with Crippen LogP contribution in [0.1, 0.15) is 37.8 Å². The molecule has 1 N–H and O–H groups in total. The Bertz CT molecular complexity index is 451. The third kappa shape index (κ3) is 4.92. The van der Waals surface area contributed by atoms with Crippen molar-refractivity contribution in [3.05, 3.63) is 29.3 Å². The van der Waals surface area contributed by atoms with Gasteiger partial charge >= 0.3 is 0 Å². The van der Waals surface area contributed by atoms with Crippen LogP contribution in [-0.2, 0) is 0 Å². The molecule has 3 nitrogen and oxygen atoms in total. The predicted molar refractivity (Wildman–Crippen MR) is 78.3 cm³/mol. The van der Waals surface area contributed by atoms with E-state index in [0.29, 0.717) is 6.61 Å². The highest BCUT2D eigenvalue weighted by atomic mass is 16.5. The maximum atomic E-state index is 9.15. The molecule has 3 heteroatoms. The van der Waals surface area contributed by atoms with Gasteiger partial charge in [0.1, 0.15) is 11.3 Å². The number of hydrogen-bond donors (Lipinski definition) is 1. The highest BCUT2D eigenvalue weighted by Crippen LogP contribution is 2.19. The zero-order valence-electron chi connectivity index (χ0n) is 12.4. The van der Waals surface area contributed by atoms with Crippen LogP contribution in [0.5, 0.6) is 5.75 Å². The summed E-state index contributed by atoms with van der Waals surface area (Å²) in [6, 6.07) is 8.52. The van der Waals surface area contributed by atoms with Gasteiger partial charge in [-0.05, 0) is 51.8 Å². The first-order chi connectivity index (χ1) is 9.00. The Balaban J connectivity index is 2.41. The van der Waals surface area contributed by atoms with E-state index in [4.69, 9.17) is 10.00 Å². The summed E-state index contributed by atoms with van der Waals surface area (Å²) in [5.41, 5.74) is 1.96. The number of hydrogen-bond acceptors (Lipinski definition) is 3. The predicted octanol–water partition coefficient (Wildman–Crippen LogP) is 3.35. The summed E-state index contributed by atoms with van der Waals surface area (Å²) >= 11 is 0. The van der Waals surface area contributed by atoms with E-state index in [1.54, 1.807) is 0 Å². The van der Waals surface area contributed by atoms with Crippen molar-refractivity contribution in [2.45, 2.75) is 46.1 Å². The van der Waals surface area contributed by atoms with Crippen molar-refractivity contribution in [3.63, 3.8) is 0 Å². The highest BCUT2D eigenvalue weighted by molar-refractivity contribution is 5.35. The second-order valence-corrected chi connectivity index (χ2v) is 5.20. The molecule has 0 amide bonds. The molecule has 19 heavy (non-hydrogen) atoms. The molecule has 0 aliphatic rings. The smallest absolute Gasteiger partial charge is 0.122 e. The van der Waals surface area contributed by atoms with E-state index in [0.717, 1.165) is 30.7 Å². The average Bonchev–Trinajstić information content (AvgIpc) is 2.37. The minimum Gasteiger partial charge on any atom is -0.493 e. The topological polar surface area (TPSA) is 45.0 Å². The highest BCUT2D eigenvalue weighted by Gasteiger charge is 2.21. The lowest BCUT2D eigenvalue weighted by Crippen LogP contribution is -2.40. The Morgan fingerprint density at radius 2 is 2.11 bits per heavy atom. The molecule has 0 aliphatic heterocycles. The summed E-state index contributed by atoms with van der Waals surface area (Å²) in [6.45, 7) is 9.54. The Hall–Kier alpha value is -1.53. The molecule has 0 heterocycles. The third-order valence-corrected chi connectivity index (χ3v) is 3.22. The van der Waals surface area contributed by atoms with Crippen LogP contribution in [-0.4, -0.2) is 18.7 Å². The van der Waals surface area contributed by atoms with Crippen LogP contribution in [0.15, 0.2) is 18.2 Å². The van der Waals surface area contributed by atoms with Gasteiger partial charge in [0, 0.05) is 0 Å². The van der Waals surface area contributed by atoms with E-state index in [2.05, 4.69) is 37.4 Å². The molecule has 0 saturated heterocycles. The Morgan fingerprint density at radius 1 is 1.37 bits per heavy atom. The van der Waals surface area contributed by atoms with Gasteiger partial charge in [-0.3, -0.25) is 5.32 Å². The summed E-state index contributed by atoms with van der Waals surface area (Å²) in [5, 5.41) is 12.4. The first-order valence-corrected chi connectivity index (χ1v) is 6.87. The number of ether oxygens (including phenoxy) is 1. The van der Waals surface area contributed by atoms with Gasteiger partial charge < -0.3 is 4.74 Å². The van der Waals surface area contributed by atoms with Crippen molar-refractivity contribution >= 4 is 0 Å². The molecule has 0 fully saturated rings. The first kappa shape index (κ1) is 15.5. The summed E-state index contributed by atoms with van der Waals surface area (Å²) in [7, 11) is 0. The molecular formula is C16H24N2O. The number of rotatable bonds is 7. The van der Waals surface area contributed by atoms with Crippen LogP contribution in [0.2, 0.25) is 0 Å². The molecule has 1 rings (SSSR count). The molecule has 0 aromatic heterocycles. The Morgan fingerprint density at radius 3 is 2.68 bits per heavy atom. The van der Waals surface area contributed by atoms with E-state index in [9.17, 15) is 0 Å². The lowest BCUT2D eigenvalue weighted by Gasteiger charge is -2.22. The molecule has 0 aliphatic carbocycles. The monoisotopic (exact) mass is 260 g/mol. The molecule has 0 saturated carbocycles. The molecule has 1 aromatic rings. The molecule has 1 aromatic carbocycles. The lowest BCUT2D eigenvalue weighted by molar-refractivity contribution is 0.285. The van der Waals surface area contributed by atoms with Gasteiger partial charge in [0.2, 0.25) is 0 Å². The summed E-state index contributed by atoms with van der Waals surface area (Å²) in [5.74, 6) is 0.938. The summed E-state index contributed by atoms with van der Waals surface area (Å²) < 4.78 is 5.77. The number of nitriles is 1. The van der Waals surface area contributed by atoms with Gasteiger partial charge in [-0.1, -0.05) is 24.6 Å². The number of aryl methyl sites for hydroxylation is 2. The molecule has 0 radical (unpaired) electrons. The SMILES string of the molecule is CCNC(C)(C#N)CCCOc1ccc(C)cc1C. The van der Waals surface area contributed by atoms with Crippen molar-refractivity contribution < 1.29 is 4.74 Å². The van der Waals surface area contributed by atoms with Crippen LogP contribution in [0, 0.1) is 25.2 Å². The Kier molecular flexibility index (Phi) is 5.85. The fraction of sp³-hybridized carbons (Fsp3) is 0.562. The van der Waals surface area contributed by atoms with Crippen LogP contribution in [0.4, 0.5) is 0 Å². The minimum absolute atomic E-state index is 0.444. The molecule has 0 bridgehead atoms. The molecule has 104 valence electrons. The number of benzene rings is 1. The Labute approximate surface area is 116 Å².